The summed E-state index contributed by atoms with van der Waals surface area (Å²) >= 11 is 8.90. The lowest BCUT2D eigenvalue weighted by atomic mass is 9.96. The molecule has 0 fully saturated rings. The third-order valence-corrected chi connectivity index (χ3v) is 4.49. The van der Waals surface area contributed by atoms with Gasteiger partial charge in [-0.1, -0.05) is 25.4 Å². The van der Waals surface area contributed by atoms with Crippen LogP contribution in [0.2, 0.25) is 5.15 Å². The number of sulfonamides is 1. The van der Waals surface area contributed by atoms with Gasteiger partial charge in [0.2, 0.25) is 10.0 Å². The number of nitrogens with one attached hydrogen (secondary N) is 1. The Balaban J connectivity index is 2.97. The van der Waals surface area contributed by atoms with Crippen LogP contribution in [-0.2, 0) is 10.0 Å². The van der Waals surface area contributed by atoms with Crippen LogP contribution in [0.5, 0.6) is 0 Å². The predicted octanol–water partition coefficient (Wildman–Crippen LogP) is 1.79. The minimum atomic E-state index is -3.74. The zero-order valence-corrected chi connectivity index (χ0v) is 13.1. The van der Waals surface area contributed by atoms with Gasteiger partial charge < -0.3 is 5.11 Å². The number of aliphatic hydroxyl groups excluding tert-OH is 1. The van der Waals surface area contributed by atoms with E-state index in [2.05, 4.69) is 25.6 Å². The van der Waals surface area contributed by atoms with Crippen molar-refractivity contribution in [2.75, 3.05) is 13.2 Å². The van der Waals surface area contributed by atoms with E-state index < -0.39 is 15.4 Å². The van der Waals surface area contributed by atoms with E-state index in [1.807, 2.05) is 0 Å². The van der Waals surface area contributed by atoms with Crippen molar-refractivity contribution in [1.29, 1.82) is 0 Å². The summed E-state index contributed by atoms with van der Waals surface area (Å²) in [4.78, 5) is 3.67. The highest BCUT2D eigenvalue weighted by atomic mass is 79.9. The molecule has 0 saturated carbocycles. The summed E-state index contributed by atoms with van der Waals surface area (Å²) in [6.45, 7) is 3.47. The predicted molar refractivity (Wildman–Crippen MR) is 73.0 cm³/mol. The molecule has 1 aromatic rings. The molecule has 0 aliphatic rings. The molecule has 0 saturated heterocycles. The Hall–Kier alpha value is -0.210. The van der Waals surface area contributed by atoms with E-state index in [9.17, 15) is 8.42 Å². The summed E-state index contributed by atoms with van der Waals surface area (Å²) in [6.07, 6.45) is 1.42. The van der Waals surface area contributed by atoms with E-state index in [4.69, 9.17) is 16.7 Å². The maximum absolute atomic E-state index is 12.0. The Morgan fingerprint density at radius 1 is 1.56 bits per heavy atom. The molecule has 0 unspecified atom stereocenters. The molecule has 102 valence electrons. The molecule has 1 rings (SSSR count). The summed E-state index contributed by atoms with van der Waals surface area (Å²) in [5.74, 6) is 0. The van der Waals surface area contributed by atoms with Crippen LogP contribution in [0.1, 0.15) is 13.8 Å². The van der Waals surface area contributed by atoms with Gasteiger partial charge in [-0.05, 0) is 22.0 Å². The molecule has 2 N–H and O–H groups in total. The van der Waals surface area contributed by atoms with E-state index in [0.29, 0.717) is 4.47 Å². The molecule has 0 atom stereocenters. The lowest BCUT2D eigenvalue weighted by Gasteiger charge is -2.21. The van der Waals surface area contributed by atoms with Crippen LogP contribution >= 0.6 is 27.5 Å². The zero-order valence-electron chi connectivity index (χ0n) is 9.94. The van der Waals surface area contributed by atoms with Gasteiger partial charge in [-0.15, -0.1) is 0 Å². The quantitative estimate of drug-likeness (QED) is 0.788. The van der Waals surface area contributed by atoms with Crippen LogP contribution in [0.4, 0.5) is 0 Å². The molecule has 0 aromatic carbocycles. The number of hydrogen-bond acceptors (Lipinski definition) is 4. The van der Waals surface area contributed by atoms with E-state index in [-0.39, 0.29) is 23.2 Å². The fourth-order valence-corrected chi connectivity index (χ4v) is 3.20. The molecule has 0 spiro atoms. The molecule has 0 amide bonds. The molecule has 5 nitrogen and oxygen atoms in total. The second-order valence-corrected chi connectivity index (χ2v) is 7.60. The fraction of sp³-hybridized carbons (Fsp3) is 0.500. The molecular weight excluding hydrogens is 344 g/mol. The first-order valence-electron chi connectivity index (χ1n) is 5.09. The average Bonchev–Trinajstić information content (AvgIpc) is 2.30. The summed E-state index contributed by atoms with van der Waals surface area (Å²) < 4.78 is 27.0. The number of aliphatic hydroxyl groups is 1. The minimum absolute atomic E-state index is 0.0903. The average molecular weight is 358 g/mol. The van der Waals surface area contributed by atoms with Crippen molar-refractivity contribution in [3.8, 4) is 0 Å². The standard InChI is InChI=1S/C10H14BrClN2O3S/c1-10(2,6-15)5-14-18(16,17)8-3-7(11)4-13-9(8)12/h3-4,14-15H,5-6H2,1-2H3. The Bertz CT molecular complexity index is 534. The van der Waals surface area contributed by atoms with E-state index >= 15 is 0 Å². The molecule has 0 aliphatic heterocycles. The number of hydrogen-bond donors (Lipinski definition) is 2. The molecular formula is C10H14BrClN2O3S. The second kappa shape index (κ2) is 5.83. The lowest BCUT2D eigenvalue weighted by molar-refractivity contribution is 0.163. The zero-order chi connectivity index (χ0) is 14.0. The molecule has 8 heteroatoms. The van der Waals surface area contributed by atoms with Gasteiger partial charge in [0.1, 0.15) is 10.0 Å². The first kappa shape index (κ1) is 15.8. The van der Waals surface area contributed by atoms with Crippen LogP contribution in [0, 0.1) is 5.41 Å². The smallest absolute Gasteiger partial charge is 0.243 e. The van der Waals surface area contributed by atoms with Gasteiger partial charge in [0.05, 0.1) is 0 Å². The number of rotatable bonds is 5. The topological polar surface area (TPSA) is 79.3 Å². The van der Waals surface area contributed by atoms with Crippen LogP contribution in [0.3, 0.4) is 0 Å². The summed E-state index contributed by atoms with van der Waals surface area (Å²) in [5.41, 5.74) is -0.543. The van der Waals surface area contributed by atoms with Gasteiger partial charge in [0, 0.05) is 29.2 Å². The van der Waals surface area contributed by atoms with Crippen molar-refractivity contribution in [3.63, 3.8) is 0 Å². The van der Waals surface area contributed by atoms with Crippen molar-refractivity contribution in [2.24, 2.45) is 5.41 Å². The van der Waals surface area contributed by atoms with Gasteiger partial charge in [0.15, 0.2) is 0 Å². The van der Waals surface area contributed by atoms with Gasteiger partial charge in [-0.2, -0.15) is 0 Å². The Morgan fingerprint density at radius 2 is 2.17 bits per heavy atom. The van der Waals surface area contributed by atoms with Crippen molar-refractivity contribution in [1.82, 2.24) is 9.71 Å². The second-order valence-electron chi connectivity index (χ2n) is 4.59. The largest absolute Gasteiger partial charge is 0.396 e. The van der Waals surface area contributed by atoms with Gasteiger partial charge >= 0.3 is 0 Å². The molecule has 0 bridgehead atoms. The SMILES string of the molecule is CC(C)(CO)CNS(=O)(=O)c1cc(Br)cnc1Cl. The van der Waals surface area contributed by atoms with Crippen molar-refractivity contribution < 1.29 is 13.5 Å². The molecule has 18 heavy (non-hydrogen) atoms. The maximum atomic E-state index is 12.0. The highest BCUT2D eigenvalue weighted by molar-refractivity contribution is 9.10. The number of pyridine rings is 1. The van der Waals surface area contributed by atoms with E-state index in [1.165, 1.54) is 12.3 Å². The molecule has 1 aromatic heterocycles. The van der Waals surface area contributed by atoms with Crippen molar-refractivity contribution >= 4 is 37.6 Å². The molecule has 0 radical (unpaired) electrons. The Labute approximate surface area is 120 Å². The molecule has 1 heterocycles. The summed E-state index contributed by atoms with van der Waals surface area (Å²) in [7, 11) is -3.74. The third-order valence-electron chi connectivity index (χ3n) is 2.23. The van der Waals surface area contributed by atoms with Gasteiger partial charge in [0.25, 0.3) is 0 Å². The first-order chi connectivity index (χ1) is 8.18. The highest BCUT2D eigenvalue weighted by Gasteiger charge is 2.24. The van der Waals surface area contributed by atoms with Crippen LogP contribution in [0.25, 0.3) is 0 Å². The third kappa shape index (κ3) is 4.17. The van der Waals surface area contributed by atoms with Gasteiger partial charge in [-0.25, -0.2) is 18.1 Å². The van der Waals surface area contributed by atoms with Crippen LogP contribution < -0.4 is 4.72 Å². The van der Waals surface area contributed by atoms with Gasteiger partial charge in [-0.3, -0.25) is 0 Å². The first-order valence-corrected chi connectivity index (χ1v) is 7.75. The highest BCUT2D eigenvalue weighted by Crippen LogP contribution is 2.23. The van der Waals surface area contributed by atoms with E-state index in [1.54, 1.807) is 13.8 Å². The summed E-state index contributed by atoms with van der Waals surface area (Å²) in [5, 5.41) is 8.99. The summed E-state index contributed by atoms with van der Waals surface area (Å²) in [6, 6.07) is 1.38. The van der Waals surface area contributed by atoms with Crippen LogP contribution in [0.15, 0.2) is 21.6 Å². The Morgan fingerprint density at radius 3 is 2.72 bits per heavy atom. The monoisotopic (exact) mass is 356 g/mol. The normalized spacial score (nSPS) is 12.7. The molecule has 0 aliphatic carbocycles. The fourth-order valence-electron chi connectivity index (χ4n) is 1.02. The van der Waals surface area contributed by atoms with Crippen LogP contribution in [-0.4, -0.2) is 31.7 Å². The van der Waals surface area contributed by atoms with Crippen molar-refractivity contribution in [3.05, 3.63) is 21.9 Å². The van der Waals surface area contributed by atoms with Crippen molar-refractivity contribution in [2.45, 2.75) is 18.7 Å². The number of halogens is 2. The Kier molecular flexibility index (Phi) is 5.13. The maximum Gasteiger partial charge on any atom is 0.243 e. The van der Waals surface area contributed by atoms with E-state index in [0.717, 1.165) is 0 Å². The number of aromatic nitrogens is 1. The lowest BCUT2D eigenvalue weighted by Crippen LogP contribution is -2.36. The number of nitrogens with zero attached hydrogens (tertiary/aromatic N) is 1. The minimum Gasteiger partial charge on any atom is -0.396 e.